The Morgan fingerprint density at radius 1 is 1.47 bits per heavy atom. The van der Waals surface area contributed by atoms with Crippen LogP contribution in [0.5, 0.6) is 0 Å². The van der Waals surface area contributed by atoms with Crippen molar-refractivity contribution in [2.45, 2.75) is 13.3 Å². The van der Waals surface area contributed by atoms with E-state index in [9.17, 15) is 9.18 Å². The average molecular weight is 285 g/mol. The molecule has 5 heteroatoms. The van der Waals surface area contributed by atoms with Gasteiger partial charge in [0.1, 0.15) is 5.82 Å². The zero-order valence-electron chi connectivity index (χ0n) is 10.8. The molecule has 1 aliphatic heterocycles. The lowest BCUT2D eigenvalue weighted by atomic mass is 10.1. The number of carbonyl (C=O) groups is 1. The SMILES string of the molecule is Cc1cc(C(=O)NCC2=CCNCC2)ccc1F.Cl. The molecule has 1 amide bonds. The van der Waals surface area contributed by atoms with Crippen LogP contribution in [0.3, 0.4) is 0 Å². The van der Waals surface area contributed by atoms with Crippen molar-refractivity contribution < 1.29 is 9.18 Å². The summed E-state index contributed by atoms with van der Waals surface area (Å²) >= 11 is 0. The van der Waals surface area contributed by atoms with E-state index in [1.54, 1.807) is 13.0 Å². The number of rotatable bonds is 3. The standard InChI is InChI=1S/C14H17FN2O.ClH/c1-10-8-12(2-3-13(10)15)14(18)17-9-11-4-6-16-7-5-11;/h2-4,8,16H,5-7,9H2,1H3,(H,17,18);1H. The van der Waals surface area contributed by atoms with Crippen LogP contribution in [-0.4, -0.2) is 25.5 Å². The van der Waals surface area contributed by atoms with Crippen LogP contribution in [0, 0.1) is 12.7 Å². The minimum atomic E-state index is -0.285. The third-order valence-electron chi connectivity index (χ3n) is 3.05. The Morgan fingerprint density at radius 3 is 2.89 bits per heavy atom. The quantitative estimate of drug-likeness (QED) is 0.836. The predicted octanol–water partition coefficient (Wildman–Crippen LogP) is 2.21. The first-order valence-corrected chi connectivity index (χ1v) is 6.10. The third kappa shape index (κ3) is 4.33. The van der Waals surface area contributed by atoms with Crippen molar-refractivity contribution in [3.05, 3.63) is 46.8 Å². The summed E-state index contributed by atoms with van der Waals surface area (Å²) in [5, 5.41) is 6.07. The van der Waals surface area contributed by atoms with Crippen molar-refractivity contribution in [2.24, 2.45) is 0 Å². The highest BCUT2D eigenvalue weighted by Gasteiger charge is 2.09. The van der Waals surface area contributed by atoms with E-state index in [1.807, 2.05) is 0 Å². The van der Waals surface area contributed by atoms with Crippen LogP contribution < -0.4 is 10.6 Å². The van der Waals surface area contributed by atoms with Gasteiger partial charge >= 0.3 is 0 Å². The average Bonchev–Trinajstić information content (AvgIpc) is 2.40. The number of nitrogens with one attached hydrogen (secondary N) is 2. The smallest absolute Gasteiger partial charge is 0.251 e. The van der Waals surface area contributed by atoms with E-state index in [-0.39, 0.29) is 24.1 Å². The topological polar surface area (TPSA) is 41.1 Å². The summed E-state index contributed by atoms with van der Waals surface area (Å²) in [6.07, 6.45) is 3.06. The number of benzene rings is 1. The molecule has 2 rings (SSSR count). The molecule has 0 atom stereocenters. The second-order valence-corrected chi connectivity index (χ2v) is 4.46. The van der Waals surface area contributed by atoms with Crippen LogP contribution in [0.4, 0.5) is 4.39 Å². The van der Waals surface area contributed by atoms with Gasteiger partial charge in [-0.2, -0.15) is 0 Å². The summed E-state index contributed by atoms with van der Waals surface area (Å²) in [5.74, 6) is -0.440. The fraction of sp³-hybridized carbons (Fsp3) is 0.357. The normalized spacial score (nSPS) is 14.3. The molecule has 19 heavy (non-hydrogen) atoms. The van der Waals surface area contributed by atoms with Crippen LogP contribution in [0.15, 0.2) is 29.8 Å². The third-order valence-corrected chi connectivity index (χ3v) is 3.05. The minimum Gasteiger partial charge on any atom is -0.348 e. The van der Waals surface area contributed by atoms with Crippen molar-refractivity contribution in [3.63, 3.8) is 0 Å². The molecular formula is C14H18ClFN2O. The highest BCUT2D eigenvalue weighted by atomic mass is 35.5. The summed E-state index contributed by atoms with van der Waals surface area (Å²) < 4.78 is 13.1. The van der Waals surface area contributed by atoms with E-state index in [0.717, 1.165) is 19.5 Å². The van der Waals surface area contributed by atoms with Crippen molar-refractivity contribution in [1.29, 1.82) is 0 Å². The molecule has 104 valence electrons. The molecule has 0 aliphatic carbocycles. The monoisotopic (exact) mass is 284 g/mol. The van der Waals surface area contributed by atoms with Crippen molar-refractivity contribution in [2.75, 3.05) is 19.6 Å². The maximum atomic E-state index is 13.1. The van der Waals surface area contributed by atoms with E-state index in [0.29, 0.717) is 17.7 Å². The first kappa shape index (κ1) is 15.7. The molecule has 0 saturated carbocycles. The van der Waals surface area contributed by atoms with Gasteiger partial charge in [-0.15, -0.1) is 12.4 Å². The molecular weight excluding hydrogens is 267 g/mol. The van der Waals surface area contributed by atoms with Crippen LogP contribution >= 0.6 is 12.4 Å². The molecule has 0 fully saturated rings. The second-order valence-electron chi connectivity index (χ2n) is 4.46. The number of carbonyl (C=O) groups excluding carboxylic acids is 1. The van der Waals surface area contributed by atoms with E-state index in [2.05, 4.69) is 16.7 Å². The minimum absolute atomic E-state index is 0. The Morgan fingerprint density at radius 2 is 2.26 bits per heavy atom. The summed E-state index contributed by atoms with van der Waals surface area (Å²) in [4.78, 5) is 11.9. The summed E-state index contributed by atoms with van der Waals surface area (Å²) in [7, 11) is 0. The fourth-order valence-electron chi connectivity index (χ4n) is 1.91. The zero-order valence-corrected chi connectivity index (χ0v) is 11.6. The first-order chi connectivity index (χ1) is 8.66. The van der Waals surface area contributed by atoms with Gasteiger partial charge in [-0.25, -0.2) is 4.39 Å². The Kier molecular flexibility index (Phi) is 5.99. The van der Waals surface area contributed by atoms with Crippen LogP contribution in [0.2, 0.25) is 0 Å². The van der Waals surface area contributed by atoms with Crippen molar-refractivity contribution >= 4 is 18.3 Å². The van der Waals surface area contributed by atoms with Gasteiger partial charge in [-0.3, -0.25) is 4.79 Å². The van der Waals surface area contributed by atoms with Crippen LogP contribution in [0.25, 0.3) is 0 Å². The van der Waals surface area contributed by atoms with Crippen LogP contribution in [-0.2, 0) is 0 Å². The Labute approximate surface area is 118 Å². The van der Waals surface area contributed by atoms with Crippen LogP contribution in [0.1, 0.15) is 22.3 Å². The zero-order chi connectivity index (χ0) is 13.0. The van der Waals surface area contributed by atoms with E-state index in [4.69, 9.17) is 0 Å². The molecule has 1 aromatic carbocycles. The summed E-state index contributed by atoms with van der Waals surface area (Å²) in [6, 6.07) is 4.41. The van der Waals surface area contributed by atoms with Gasteiger partial charge < -0.3 is 10.6 Å². The molecule has 0 spiro atoms. The molecule has 1 heterocycles. The second kappa shape index (κ2) is 7.26. The summed E-state index contributed by atoms with van der Waals surface area (Å²) in [6.45, 7) is 4.04. The molecule has 2 N–H and O–H groups in total. The Bertz CT molecular complexity index is 488. The number of halogens is 2. The molecule has 1 aromatic rings. The first-order valence-electron chi connectivity index (χ1n) is 6.10. The Balaban J connectivity index is 0.00000180. The molecule has 0 saturated heterocycles. The lowest BCUT2D eigenvalue weighted by Gasteiger charge is -2.14. The van der Waals surface area contributed by atoms with Gasteiger partial charge in [-0.1, -0.05) is 11.6 Å². The van der Waals surface area contributed by atoms with E-state index in [1.165, 1.54) is 17.7 Å². The van der Waals surface area contributed by atoms with Gasteiger partial charge in [-0.05, 0) is 43.7 Å². The molecule has 0 aromatic heterocycles. The van der Waals surface area contributed by atoms with Gasteiger partial charge in [0.05, 0.1) is 0 Å². The van der Waals surface area contributed by atoms with Gasteiger partial charge in [0.15, 0.2) is 0 Å². The van der Waals surface area contributed by atoms with Gasteiger partial charge in [0, 0.05) is 18.7 Å². The molecule has 0 radical (unpaired) electrons. The fourth-order valence-corrected chi connectivity index (χ4v) is 1.91. The highest BCUT2D eigenvalue weighted by Crippen LogP contribution is 2.09. The highest BCUT2D eigenvalue weighted by molar-refractivity contribution is 5.94. The molecule has 0 unspecified atom stereocenters. The van der Waals surface area contributed by atoms with Gasteiger partial charge in [0.25, 0.3) is 5.91 Å². The van der Waals surface area contributed by atoms with Gasteiger partial charge in [0.2, 0.25) is 0 Å². The Hall–Kier alpha value is -1.39. The number of hydrogen-bond donors (Lipinski definition) is 2. The molecule has 0 bridgehead atoms. The van der Waals surface area contributed by atoms with Crippen molar-refractivity contribution in [3.8, 4) is 0 Å². The predicted molar refractivity (Wildman–Crippen MR) is 76.3 cm³/mol. The van der Waals surface area contributed by atoms with Crippen molar-refractivity contribution in [1.82, 2.24) is 10.6 Å². The lowest BCUT2D eigenvalue weighted by molar-refractivity contribution is 0.0956. The number of amides is 1. The largest absolute Gasteiger partial charge is 0.348 e. The lowest BCUT2D eigenvalue weighted by Crippen LogP contribution is -2.29. The number of aryl methyl sites for hydroxylation is 1. The van der Waals surface area contributed by atoms with E-state index < -0.39 is 0 Å². The molecule has 1 aliphatic rings. The molecule has 3 nitrogen and oxygen atoms in total. The number of hydrogen-bond acceptors (Lipinski definition) is 2. The maximum absolute atomic E-state index is 13.1. The summed E-state index contributed by atoms with van der Waals surface area (Å²) in [5.41, 5.74) is 2.23. The maximum Gasteiger partial charge on any atom is 0.251 e. The van der Waals surface area contributed by atoms with E-state index >= 15 is 0 Å².